The molecule has 0 aromatic heterocycles. The van der Waals surface area contributed by atoms with E-state index in [0.717, 1.165) is 10.6 Å². The number of nitrogens with zero attached hydrogens (tertiary/aromatic N) is 1. The van der Waals surface area contributed by atoms with E-state index < -0.39 is 15.9 Å². The van der Waals surface area contributed by atoms with Crippen LogP contribution < -0.4 is 14.4 Å². The molecule has 0 atom stereocenters. The highest BCUT2D eigenvalue weighted by molar-refractivity contribution is 7.92. The van der Waals surface area contributed by atoms with Crippen molar-refractivity contribution in [2.75, 3.05) is 29.0 Å². The van der Waals surface area contributed by atoms with Crippen molar-refractivity contribution in [2.24, 2.45) is 0 Å². The number of sulfonamides is 1. The molecule has 1 amide bonds. The largest absolute Gasteiger partial charge is 0.494 e. The number of rotatable bonds is 7. The lowest BCUT2D eigenvalue weighted by Crippen LogP contribution is -2.37. The molecule has 6 nitrogen and oxygen atoms in total. The first-order chi connectivity index (χ1) is 11.8. The van der Waals surface area contributed by atoms with Gasteiger partial charge in [-0.1, -0.05) is 29.8 Å². The standard InChI is InChI=1S/C17H19ClN2O4S/c1-3-24-14-8-6-7-13(11-14)19-17(21)12-20(25(2,22)23)16-10-5-4-9-15(16)18/h4-11H,3,12H2,1-2H3,(H,19,21). The van der Waals surface area contributed by atoms with Crippen molar-refractivity contribution < 1.29 is 17.9 Å². The van der Waals surface area contributed by atoms with Gasteiger partial charge in [0.05, 0.1) is 23.6 Å². The maximum absolute atomic E-state index is 12.3. The number of carbonyl (C=O) groups is 1. The molecule has 0 bridgehead atoms. The Morgan fingerprint density at radius 2 is 1.92 bits per heavy atom. The Labute approximate surface area is 152 Å². The number of para-hydroxylation sites is 1. The van der Waals surface area contributed by atoms with Gasteiger partial charge in [-0.2, -0.15) is 0 Å². The second kappa shape index (κ2) is 8.22. The molecule has 0 radical (unpaired) electrons. The topological polar surface area (TPSA) is 75.7 Å². The van der Waals surface area contributed by atoms with Crippen molar-refractivity contribution in [1.82, 2.24) is 0 Å². The lowest BCUT2D eigenvalue weighted by molar-refractivity contribution is -0.114. The Morgan fingerprint density at radius 1 is 1.20 bits per heavy atom. The van der Waals surface area contributed by atoms with Crippen LogP contribution in [0.3, 0.4) is 0 Å². The SMILES string of the molecule is CCOc1cccc(NC(=O)CN(c2ccccc2Cl)S(C)(=O)=O)c1. The van der Waals surface area contributed by atoms with Crippen LogP contribution in [0.15, 0.2) is 48.5 Å². The summed E-state index contributed by atoms with van der Waals surface area (Å²) in [6.45, 7) is 1.98. The van der Waals surface area contributed by atoms with Crippen LogP contribution in [0.1, 0.15) is 6.92 Å². The van der Waals surface area contributed by atoms with Crippen LogP contribution in [0.4, 0.5) is 11.4 Å². The van der Waals surface area contributed by atoms with E-state index in [1.165, 1.54) is 0 Å². The Bertz CT molecular complexity index is 855. The summed E-state index contributed by atoms with van der Waals surface area (Å²) < 4.78 is 30.5. The number of amides is 1. The zero-order valence-electron chi connectivity index (χ0n) is 13.9. The van der Waals surface area contributed by atoms with Crippen molar-refractivity contribution in [1.29, 1.82) is 0 Å². The molecule has 0 aliphatic carbocycles. The van der Waals surface area contributed by atoms with Gasteiger partial charge in [0.15, 0.2) is 0 Å². The molecule has 0 spiro atoms. The summed E-state index contributed by atoms with van der Waals surface area (Å²) in [5.41, 5.74) is 0.772. The predicted molar refractivity (Wildman–Crippen MR) is 99.9 cm³/mol. The van der Waals surface area contributed by atoms with Gasteiger partial charge in [-0.15, -0.1) is 0 Å². The molecule has 2 rings (SSSR count). The highest BCUT2D eigenvalue weighted by Crippen LogP contribution is 2.27. The summed E-state index contributed by atoms with van der Waals surface area (Å²) in [5, 5.41) is 2.91. The minimum atomic E-state index is -3.68. The first-order valence-corrected chi connectivity index (χ1v) is 9.79. The second-order valence-electron chi connectivity index (χ2n) is 5.23. The van der Waals surface area contributed by atoms with E-state index in [2.05, 4.69) is 5.32 Å². The van der Waals surface area contributed by atoms with E-state index in [1.807, 2.05) is 6.92 Å². The molecule has 0 saturated heterocycles. The summed E-state index contributed by atoms with van der Waals surface area (Å²) in [5.74, 6) is 0.130. The lowest BCUT2D eigenvalue weighted by Gasteiger charge is -2.22. The van der Waals surface area contributed by atoms with Crippen LogP contribution in [-0.2, 0) is 14.8 Å². The second-order valence-corrected chi connectivity index (χ2v) is 7.54. The zero-order valence-corrected chi connectivity index (χ0v) is 15.5. The maximum atomic E-state index is 12.3. The van der Waals surface area contributed by atoms with Gasteiger partial charge >= 0.3 is 0 Å². The van der Waals surface area contributed by atoms with Crippen molar-refractivity contribution in [2.45, 2.75) is 6.92 Å². The summed E-state index contributed by atoms with van der Waals surface area (Å²) >= 11 is 6.07. The summed E-state index contributed by atoms with van der Waals surface area (Å²) in [4.78, 5) is 12.3. The minimum Gasteiger partial charge on any atom is -0.494 e. The van der Waals surface area contributed by atoms with Gasteiger partial charge in [-0.25, -0.2) is 8.42 Å². The Morgan fingerprint density at radius 3 is 2.56 bits per heavy atom. The molecule has 8 heteroatoms. The molecular formula is C17H19ClN2O4S. The van der Waals surface area contributed by atoms with E-state index in [0.29, 0.717) is 18.0 Å². The van der Waals surface area contributed by atoms with Gasteiger partial charge in [0, 0.05) is 11.8 Å². The van der Waals surface area contributed by atoms with E-state index in [4.69, 9.17) is 16.3 Å². The number of hydrogen-bond donors (Lipinski definition) is 1. The fourth-order valence-corrected chi connectivity index (χ4v) is 3.35. The molecule has 0 fully saturated rings. The van der Waals surface area contributed by atoms with Crippen molar-refractivity contribution in [3.8, 4) is 5.75 Å². The van der Waals surface area contributed by atoms with Gasteiger partial charge in [-0.05, 0) is 31.2 Å². The molecule has 0 saturated carbocycles. The van der Waals surface area contributed by atoms with Crippen LogP contribution in [0.2, 0.25) is 5.02 Å². The van der Waals surface area contributed by atoms with Crippen LogP contribution >= 0.6 is 11.6 Å². The van der Waals surface area contributed by atoms with Crippen LogP contribution in [0.5, 0.6) is 5.75 Å². The minimum absolute atomic E-state index is 0.249. The molecular weight excluding hydrogens is 364 g/mol. The van der Waals surface area contributed by atoms with Gasteiger partial charge in [0.1, 0.15) is 12.3 Å². The van der Waals surface area contributed by atoms with Crippen LogP contribution in [0, 0.1) is 0 Å². The molecule has 2 aromatic rings. The van der Waals surface area contributed by atoms with E-state index in [9.17, 15) is 13.2 Å². The van der Waals surface area contributed by atoms with Crippen LogP contribution in [0.25, 0.3) is 0 Å². The number of ether oxygens (including phenoxy) is 1. The van der Waals surface area contributed by atoms with Gasteiger partial charge < -0.3 is 10.1 Å². The van der Waals surface area contributed by atoms with Crippen molar-refractivity contribution in [3.63, 3.8) is 0 Å². The molecule has 0 heterocycles. The highest BCUT2D eigenvalue weighted by Gasteiger charge is 2.22. The first-order valence-electron chi connectivity index (χ1n) is 7.56. The summed E-state index contributed by atoms with van der Waals surface area (Å²) in [6, 6.07) is 13.3. The molecule has 1 N–H and O–H groups in total. The quantitative estimate of drug-likeness (QED) is 0.798. The van der Waals surface area contributed by atoms with Gasteiger partial charge in [-0.3, -0.25) is 9.10 Å². The Hall–Kier alpha value is -2.25. The third kappa shape index (κ3) is 5.37. The zero-order chi connectivity index (χ0) is 18.4. The van der Waals surface area contributed by atoms with Crippen molar-refractivity contribution in [3.05, 3.63) is 53.6 Å². The molecule has 0 aliphatic rings. The average molecular weight is 383 g/mol. The first kappa shape index (κ1) is 19.1. The number of nitrogens with one attached hydrogen (secondary N) is 1. The summed E-state index contributed by atoms with van der Waals surface area (Å²) in [6.07, 6.45) is 1.03. The third-order valence-electron chi connectivity index (χ3n) is 3.24. The van der Waals surface area contributed by atoms with E-state index in [1.54, 1.807) is 48.5 Å². The number of benzene rings is 2. The Kier molecular flexibility index (Phi) is 6.27. The van der Waals surface area contributed by atoms with Crippen LogP contribution in [-0.4, -0.2) is 33.7 Å². The van der Waals surface area contributed by atoms with Crippen molar-refractivity contribution >= 4 is 38.9 Å². The highest BCUT2D eigenvalue weighted by atomic mass is 35.5. The van der Waals surface area contributed by atoms with Gasteiger partial charge in [0.2, 0.25) is 15.9 Å². The normalized spacial score (nSPS) is 11.0. The van der Waals surface area contributed by atoms with E-state index in [-0.39, 0.29) is 17.3 Å². The average Bonchev–Trinajstić information content (AvgIpc) is 2.53. The number of carbonyl (C=O) groups excluding carboxylic acids is 1. The predicted octanol–water partition coefficient (Wildman–Crippen LogP) is 3.14. The lowest BCUT2D eigenvalue weighted by atomic mass is 10.3. The molecule has 0 unspecified atom stereocenters. The fourth-order valence-electron chi connectivity index (χ4n) is 2.20. The summed E-state index contributed by atoms with van der Waals surface area (Å²) in [7, 11) is -3.68. The molecule has 134 valence electrons. The number of hydrogen-bond acceptors (Lipinski definition) is 4. The third-order valence-corrected chi connectivity index (χ3v) is 4.68. The monoisotopic (exact) mass is 382 g/mol. The van der Waals surface area contributed by atoms with E-state index >= 15 is 0 Å². The molecule has 25 heavy (non-hydrogen) atoms. The fraction of sp³-hybridized carbons (Fsp3) is 0.235. The maximum Gasteiger partial charge on any atom is 0.245 e. The number of halogens is 1. The number of anilines is 2. The smallest absolute Gasteiger partial charge is 0.245 e. The molecule has 0 aliphatic heterocycles. The Balaban J connectivity index is 2.18. The molecule has 2 aromatic carbocycles. The van der Waals surface area contributed by atoms with Gasteiger partial charge in [0.25, 0.3) is 0 Å².